The summed E-state index contributed by atoms with van der Waals surface area (Å²) in [6, 6.07) is 5.77. The SMILES string of the molecule is C=C(CCCC(=O)Oc1ccc(O)cc1)C(=O)O. The van der Waals surface area contributed by atoms with Crippen molar-refractivity contribution in [3.63, 3.8) is 0 Å². The minimum atomic E-state index is -1.05. The molecule has 0 fully saturated rings. The second-order valence-corrected chi connectivity index (χ2v) is 3.73. The first kappa shape index (κ1) is 13.8. The van der Waals surface area contributed by atoms with Gasteiger partial charge in [0.15, 0.2) is 0 Å². The highest BCUT2D eigenvalue weighted by Crippen LogP contribution is 2.17. The van der Waals surface area contributed by atoms with Crippen molar-refractivity contribution in [2.75, 3.05) is 0 Å². The van der Waals surface area contributed by atoms with Crippen LogP contribution in [0.4, 0.5) is 0 Å². The van der Waals surface area contributed by atoms with Gasteiger partial charge >= 0.3 is 11.9 Å². The number of aromatic hydroxyl groups is 1. The number of hydrogen-bond donors (Lipinski definition) is 2. The van der Waals surface area contributed by atoms with Gasteiger partial charge in [0.2, 0.25) is 0 Å². The fourth-order valence-corrected chi connectivity index (χ4v) is 1.25. The van der Waals surface area contributed by atoms with E-state index in [0.29, 0.717) is 12.2 Å². The zero-order chi connectivity index (χ0) is 13.5. The molecule has 0 spiro atoms. The van der Waals surface area contributed by atoms with Crippen molar-refractivity contribution in [2.24, 2.45) is 0 Å². The molecule has 0 heterocycles. The molecule has 0 unspecified atom stereocenters. The normalized spacial score (nSPS) is 9.78. The molecule has 1 aromatic carbocycles. The smallest absolute Gasteiger partial charge is 0.330 e. The molecular weight excluding hydrogens is 236 g/mol. The van der Waals surface area contributed by atoms with Crippen LogP contribution >= 0.6 is 0 Å². The number of carboxylic acid groups (broad SMARTS) is 1. The Balaban J connectivity index is 2.32. The molecule has 18 heavy (non-hydrogen) atoms. The number of carboxylic acids is 1. The number of rotatable bonds is 6. The number of phenolic OH excluding ortho intramolecular Hbond substituents is 1. The lowest BCUT2D eigenvalue weighted by Gasteiger charge is -2.04. The van der Waals surface area contributed by atoms with Gasteiger partial charge < -0.3 is 14.9 Å². The Labute approximate surface area is 104 Å². The van der Waals surface area contributed by atoms with Crippen LogP contribution in [-0.4, -0.2) is 22.2 Å². The summed E-state index contributed by atoms with van der Waals surface area (Å²) in [4.78, 5) is 21.8. The predicted molar refractivity (Wildman–Crippen MR) is 64.4 cm³/mol. The molecule has 1 aromatic rings. The van der Waals surface area contributed by atoms with E-state index in [2.05, 4.69) is 6.58 Å². The summed E-state index contributed by atoms with van der Waals surface area (Å²) in [6.45, 7) is 3.37. The molecule has 1 rings (SSSR count). The van der Waals surface area contributed by atoms with Crippen molar-refractivity contribution >= 4 is 11.9 Å². The minimum Gasteiger partial charge on any atom is -0.508 e. The summed E-state index contributed by atoms with van der Waals surface area (Å²) in [5.74, 6) is -1.07. The van der Waals surface area contributed by atoms with E-state index < -0.39 is 11.9 Å². The van der Waals surface area contributed by atoms with E-state index in [1.807, 2.05) is 0 Å². The zero-order valence-electron chi connectivity index (χ0n) is 9.76. The van der Waals surface area contributed by atoms with Gasteiger partial charge in [0.1, 0.15) is 11.5 Å². The zero-order valence-corrected chi connectivity index (χ0v) is 9.76. The molecule has 5 nitrogen and oxygen atoms in total. The van der Waals surface area contributed by atoms with Gasteiger partial charge in [0, 0.05) is 12.0 Å². The van der Waals surface area contributed by atoms with Crippen LogP contribution in [0.15, 0.2) is 36.4 Å². The maximum Gasteiger partial charge on any atom is 0.330 e. The molecule has 0 saturated carbocycles. The highest BCUT2D eigenvalue weighted by atomic mass is 16.5. The van der Waals surface area contributed by atoms with Crippen LogP contribution in [0.1, 0.15) is 19.3 Å². The average molecular weight is 250 g/mol. The second-order valence-electron chi connectivity index (χ2n) is 3.73. The Bertz CT molecular complexity index is 447. The van der Waals surface area contributed by atoms with E-state index >= 15 is 0 Å². The summed E-state index contributed by atoms with van der Waals surface area (Å²) < 4.78 is 4.98. The van der Waals surface area contributed by atoms with E-state index in [1.165, 1.54) is 24.3 Å². The summed E-state index contributed by atoms with van der Waals surface area (Å²) in [5.41, 5.74) is 0.0763. The van der Waals surface area contributed by atoms with Crippen molar-refractivity contribution in [3.05, 3.63) is 36.4 Å². The van der Waals surface area contributed by atoms with Crippen LogP contribution in [0.2, 0.25) is 0 Å². The third-order valence-electron chi connectivity index (χ3n) is 2.23. The molecule has 0 bridgehead atoms. The number of benzene rings is 1. The number of carbonyl (C=O) groups is 2. The van der Waals surface area contributed by atoms with Gasteiger partial charge in [-0.25, -0.2) is 4.79 Å². The number of aliphatic carboxylic acids is 1. The molecule has 0 aliphatic heterocycles. The van der Waals surface area contributed by atoms with Crippen LogP contribution in [0, 0.1) is 0 Å². The van der Waals surface area contributed by atoms with E-state index in [1.54, 1.807) is 0 Å². The Morgan fingerprint density at radius 3 is 2.33 bits per heavy atom. The van der Waals surface area contributed by atoms with Gasteiger partial charge in [-0.3, -0.25) is 4.79 Å². The van der Waals surface area contributed by atoms with Gasteiger partial charge in [0.25, 0.3) is 0 Å². The van der Waals surface area contributed by atoms with Gasteiger partial charge in [0.05, 0.1) is 0 Å². The molecular formula is C13H14O5. The van der Waals surface area contributed by atoms with Crippen LogP contribution in [0.3, 0.4) is 0 Å². The number of phenols is 1. The summed E-state index contributed by atoms with van der Waals surface area (Å²) in [6.07, 6.45) is 0.745. The first-order valence-electron chi connectivity index (χ1n) is 5.40. The summed E-state index contributed by atoms with van der Waals surface area (Å²) in [5, 5.41) is 17.6. The Hall–Kier alpha value is -2.30. The Morgan fingerprint density at radius 1 is 1.17 bits per heavy atom. The highest BCUT2D eigenvalue weighted by molar-refractivity contribution is 5.85. The third-order valence-corrected chi connectivity index (χ3v) is 2.23. The van der Waals surface area contributed by atoms with Gasteiger partial charge in [-0.1, -0.05) is 6.58 Å². The van der Waals surface area contributed by atoms with Crippen molar-refractivity contribution in [1.82, 2.24) is 0 Å². The summed E-state index contributed by atoms with van der Waals surface area (Å²) in [7, 11) is 0. The van der Waals surface area contributed by atoms with Crippen LogP contribution in [0.5, 0.6) is 11.5 Å². The maximum absolute atomic E-state index is 11.4. The number of hydrogen-bond acceptors (Lipinski definition) is 4. The van der Waals surface area contributed by atoms with Gasteiger partial charge in [-0.2, -0.15) is 0 Å². The molecule has 0 aliphatic rings. The lowest BCUT2D eigenvalue weighted by molar-refractivity contribution is -0.135. The van der Waals surface area contributed by atoms with Gasteiger partial charge in [-0.05, 0) is 37.1 Å². The molecule has 0 radical (unpaired) electrons. The number of carbonyl (C=O) groups excluding carboxylic acids is 1. The standard InChI is InChI=1S/C13H14O5/c1-9(13(16)17)3-2-4-12(15)18-11-7-5-10(14)6-8-11/h5-8,14H,1-4H2,(H,16,17). The molecule has 0 aromatic heterocycles. The van der Waals surface area contributed by atoms with Crippen LogP contribution < -0.4 is 4.74 Å². The lowest BCUT2D eigenvalue weighted by atomic mass is 10.1. The topological polar surface area (TPSA) is 83.8 Å². The second kappa shape index (κ2) is 6.44. The quantitative estimate of drug-likeness (QED) is 0.459. The minimum absolute atomic E-state index is 0.0763. The molecule has 2 N–H and O–H groups in total. The molecule has 0 amide bonds. The van der Waals surface area contributed by atoms with E-state index in [9.17, 15) is 9.59 Å². The summed E-state index contributed by atoms with van der Waals surface area (Å²) >= 11 is 0. The van der Waals surface area contributed by atoms with Crippen molar-refractivity contribution in [2.45, 2.75) is 19.3 Å². The molecule has 96 valence electrons. The van der Waals surface area contributed by atoms with Gasteiger partial charge in [-0.15, -0.1) is 0 Å². The number of esters is 1. The van der Waals surface area contributed by atoms with E-state index in [0.717, 1.165) is 0 Å². The molecule has 5 heteroatoms. The average Bonchev–Trinajstić information content (AvgIpc) is 2.32. The molecule has 0 aliphatic carbocycles. The first-order chi connectivity index (χ1) is 8.49. The fourth-order valence-electron chi connectivity index (χ4n) is 1.25. The van der Waals surface area contributed by atoms with Crippen molar-refractivity contribution < 1.29 is 24.5 Å². The number of ether oxygens (including phenoxy) is 1. The predicted octanol–water partition coefficient (Wildman–Crippen LogP) is 2.11. The molecule has 0 saturated heterocycles. The van der Waals surface area contributed by atoms with Crippen LogP contribution in [0.25, 0.3) is 0 Å². The van der Waals surface area contributed by atoms with E-state index in [-0.39, 0.29) is 24.2 Å². The first-order valence-corrected chi connectivity index (χ1v) is 5.40. The largest absolute Gasteiger partial charge is 0.508 e. The Kier molecular flexibility index (Phi) is 4.92. The highest BCUT2D eigenvalue weighted by Gasteiger charge is 2.08. The Morgan fingerprint density at radius 2 is 1.78 bits per heavy atom. The van der Waals surface area contributed by atoms with Crippen molar-refractivity contribution in [1.29, 1.82) is 0 Å². The monoisotopic (exact) mass is 250 g/mol. The van der Waals surface area contributed by atoms with Crippen LogP contribution in [-0.2, 0) is 9.59 Å². The van der Waals surface area contributed by atoms with E-state index in [4.69, 9.17) is 14.9 Å². The fraction of sp³-hybridized carbons (Fsp3) is 0.231. The molecule has 0 atom stereocenters. The van der Waals surface area contributed by atoms with Crippen molar-refractivity contribution in [3.8, 4) is 11.5 Å². The maximum atomic E-state index is 11.4. The lowest BCUT2D eigenvalue weighted by Crippen LogP contribution is -2.08. The third kappa shape index (κ3) is 4.69.